The molecule has 1 aromatic carbocycles. The van der Waals surface area contributed by atoms with E-state index < -0.39 is 17.5 Å². The number of hydrogen-bond donors (Lipinski definition) is 1. The van der Waals surface area contributed by atoms with Gasteiger partial charge in [0, 0.05) is 19.0 Å². The van der Waals surface area contributed by atoms with E-state index in [-0.39, 0.29) is 19.0 Å². The second-order valence-corrected chi connectivity index (χ2v) is 7.08. The molecule has 1 aromatic heterocycles. The Balaban J connectivity index is 1.51. The van der Waals surface area contributed by atoms with Crippen LogP contribution >= 0.6 is 0 Å². The van der Waals surface area contributed by atoms with Crippen molar-refractivity contribution in [3.63, 3.8) is 0 Å². The predicted octanol–water partition coefficient (Wildman–Crippen LogP) is 1.78. The van der Waals surface area contributed by atoms with Crippen LogP contribution in [-0.2, 0) is 21.7 Å². The van der Waals surface area contributed by atoms with Crippen LogP contribution in [0.1, 0.15) is 23.5 Å². The van der Waals surface area contributed by atoms with Gasteiger partial charge in [-0.05, 0) is 25.1 Å². The molecule has 28 heavy (non-hydrogen) atoms. The van der Waals surface area contributed by atoms with Crippen LogP contribution in [0.3, 0.4) is 0 Å². The van der Waals surface area contributed by atoms with Crippen LogP contribution in [0.25, 0.3) is 0 Å². The van der Waals surface area contributed by atoms with Gasteiger partial charge in [-0.1, -0.05) is 18.2 Å². The highest BCUT2D eigenvalue weighted by atomic mass is 16.5. The molecule has 1 saturated heterocycles. The van der Waals surface area contributed by atoms with Gasteiger partial charge in [0.2, 0.25) is 5.91 Å². The number of carbonyl (C=O) groups is 3. The monoisotopic (exact) mass is 383 g/mol. The van der Waals surface area contributed by atoms with E-state index in [9.17, 15) is 14.4 Å². The Morgan fingerprint density at radius 3 is 2.79 bits per heavy atom. The van der Waals surface area contributed by atoms with Crippen LogP contribution in [-0.4, -0.2) is 47.8 Å². The van der Waals surface area contributed by atoms with E-state index in [1.165, 1.54) is 4.90 Å². The SMILES string of the molecule is Cc1ccc(CN(C)C(=O)CN2C(=O)NC3(CCOc4ccccc43)C2=O)o1. The van der Waals surface area contributed by atoms with E-state index in [4.69, 9.17) is 9.15 Å². The molecule has 1 atom stereocenters. The number of fused-ring (bicyclic) bond motifs is 2. The summed E-state index contributed by atoms with van der Waals surface area (Å²) in [5.74, 6) is 1.19. The van der Waals surface area contributed by atoms with Gasteiger partial charge in [-0.25, -0.2) is 4.79 Å². The lowest BCUT2D eigenvalue weighted by molar-refractivity contribution is -0.139. The van der Waals surface area contributed by atoms with E-state index in [0.29, 0.717) is 30.1 Å². The summed E-state index contributed by atoms with van der Waals surface area (Å²) in [5.41, 5.74) is -0.558. The lowest BCUT2D eigenvalue weighted by Gasteiger charge is -2.33. The molecule has 4 rings (SSSR count). The van der Waals surface area contributed by atoms with E-state index in [1.54, 1.807) is 31.3 Å². The summed E-state index contributed by atoms with van der Waals surface area (Å²) in [7, 11) is 1.61. The maximum atomic E-state index is 13.2. The first-order chi connectivity index (χ1) is 13.4. The third-order valence-corrected chi connectivity index (χ3v) is 5.17. The minimum Gasteiger partial charge on any atom is -0.493 e. The van der Waals surface area contributed by atoms with E-state index in [1.807, 2.05) is 19.1 Å². The highest BCUT2D eigenvalue weighted by molar-refractivity contribution is 6.09. The van der Waals surface area contributed by atoms with Crippen LogP contribution in [0.5, 0.6) is 5.75 Å². The molecule has 1 fully saturated rings. The fourth-order valence-electron chi connectivity index (χ4n) is 3.66. The molecule has 4 amide bonds. The quantitative estimate of drug-likeness (QED) is 0.813. The fourth-order valence-corrected chi connectivity index (χ4v) is 3.66. The molecular weight excluding hydrogens is 362 g/mol. The second-order valence-electron chi connectivity index (χ2n) is 7.08. The van der Waals surface area contributed by atoms with E-state index in [2.05, 4.69) is 5.32 Å². The van der Waals surface area contributed by atoms with Crippen molar-refractivity contribution < 1.29 is 23.5 Å². The number of imide groups is 1. The zero-order valence-electron chi connectivity index (χ0n) is 15.7. The van der Waals surface area contributed by atoms with Gasteiger partial charge in [0.25, 0.3) is 5.91 Å². The maximum Gasteiger partial charge on any atom is 0.325 e. The van der Waals surface area contributed by atoms with Crippen molar-refractivity contribution in [1.82, 2.24) is 15.1 Å². The smallest absolute Gasteiger partial charge is 0.325 e. The molecule has 146 valence electrons. The highest BCUT2D eigenvalue weighted by Gasteiger charge is 2.55. The molecule has 1 spiro atoms. The Kier molecular flexibility index (Phi) is 4.33. The third kappa shape index (κ3) is 2.90. The second kappa shape index (κ2) is 6.70. The van der Waals surface area contributed by atoms with Gasteiger partial charge in [0.05, 0.1) is 13.2 Å². The number of likely N-dealkylation sites (N-methyl/N-ethyl adjacent to an activating group) is 1. The van der Waals surface area contributed by atoms with Crippen molar-refractivity contribution in [2.45, 2.75) is 25.4 Å². The maximum absolute atomic E-state index is 13.2. The largest absolute Gasteiger partial charge is 0.493 e. The van der Waals surface area contributed by atoms with Crippen LogP contribution in [0.15, 0.2) is 40.8 Å². The van der Waals surface area contributed by atoms with E-state index >= 15 is 0 Å². The molecule has 2 aromatic rings. The summed E-state index contributed by atoms with van der Waals surface area (Å²) in [5, 5.41) is 2.79. The third-order valence-electron chi connectivity index (χ3n) is 5.17. The number of aryl methyl sites for hydroxylation is 1. The molecule has 0 radical (unpaired) electrons. The van der Waals surface area contributed by atoms with Gasteiger partial charge in [-0.15, -0.1) is 0 Å². The predicted molar refractivity (Wildman–Crippen MR) is 98.4 cm³/mol. The number of furan rings is 1. The Morgan fingerprint density at radius 2 is 2.04 bits per heavy atom. The van der Waals surface area contributed by atoms with Crippen molar-refractivity contribution in [2.24, 2.45) is 0 Å². The van der Waals surface area contributed by atoms with Gasteiger partial charge in [-0.3, -0.25) is 14.5 Å². The Morgan fingerprint density at radius 1 is 1.25 bits per heavy atom. The molecule has 1 unspecified atom stereocenters. The molecule has 0 aliphatic carbocycles. The average Bonchev–Trinajstić information content (AvgIpc) is 3.18. The summed E-state index contributed by atoms with van der Waals surface area (Å²) in [6, 6.07) is 10.2. The summed E-state index contributed by atoms with van der Waals surface area (Å²) in [6.45, 7) is 2.07. The van der Waals surface area contributed by atoms with Gasteiger partial charge >= 0.3 is 6.03 Å². The Labute approximate surface area is 162 Å². The number of benzene rings is 1. The topological polar surface area (TPSA) is 92.1 Å². The number of nitrogens with zero attached hydrogens (tertiary/aromatic N) is 2. The highest BCUT2D eigenvalue weighted by Crippen LogP contribution is 2.40. The van der Waals surface area contributed by atoms with Gasteiger partial charge in [0.1, 0.15) is 23.8 Å². The molecule has 3 heterocycles. The number of urea groups is 1. The first kappa shape index (κ1) is 18.1. The number of amides is 4. The van der Waals surface area contributed by atoms with Crippen LogP contribution in [0.4, 0.5) is 4.79 Å². The molecule has 2 aliphatic rings. The lowest BCUT2D eigenvalue weighted by Crippen LogP contribution is -2.48. The summed E-state index contributed by atoms with van der Waals surface area (Å²) >= 11 is 0. The Bertz CT molecular complexity index is 953. The van der Waals surface area contributed by atoms with Crippen molar-refractivity contribution in [2.75, 3.05) is 20.2 Å². The van der Waals surface area contributed by atoms with Crippen molar-refractivity contribution in [1.29, 1.82) is 0 Å². The normalized spacial score (nSPS) is 20.7. The van der Waals surface area contributed by atoms with Crippen LogP contribution in [0.2, 0.25) is 0 Å². The first-order valence-corrected chi connectivity index (χ1v) is 9.06. The molecule has 8 nitrogen and oxygen atoms in total. The zero-order valence-corrected chi connectivity index (χ0v) is 15.7. The molecular formula is C20H21N3O5. The first-order valence-electron chi connectivity index (χ1n) is 9.06. The molecule has 2 aliphatic heterocycles. The van der Waals surface area contributed by atoms with Crippen LogP contribution in [0, 0.1) is 6.92 Å². The lowest BCUT2D eigenvalue weighted by atomic mass is 9.84. The number of rotatable bonds is 4. The van der Waals surface area contributed by atoms with Crippen molar-refractivity contribution in [3.05, 3.63) is 53.5 Å². The van der Waals surface area contributed by atoms with Gasteiger partial charge in [-0.2, -0.15) is 0 Å². The minimum absolute atomic E-state index is 0.262. The van der Waals surface area contributed by atoms with E-state index in [0.717, 1.165) is 10.7 Å². The molecule has 0 bridgehead atoms. The summed E-state index contributed by atoms with van der Waals surface area (Å²) in [4.78, 5) is 40.7. The molecule has 1 N–H and O–H groups in total. The van der Waals surface area contributed by atoms with Crippen molar-refractivity contribution >= 4 is 17.8 Å². The van der Waals surface area contributed by atoms with Gasteiger partial charge < -0.3 is 19.4 Å². The van der Waals surface area contributed by atoms with Gasteiger partial charge in [0.15, 0.2) is 5.54 Å². The zero-order chi connectivity index (χ0) is 19.9. The standard InChI is InChI=1S/C20H21N3O5/c1-13-7-8-14(28-13)11-22(2)17(24)12-23-18(25)20(21-19(23)26)9-10-27-16-6-4-3-5-15(16)20/h3-8H,9-12H2,1-2H3,(H,21,26). The fraction of sp³-hybridized carbons (Fsp3) is 0.350. The number of carbonyl (C=O) groups excluding carboxylic acids is 3. The Hall–Kier alpha value is -3.29. The average molecular weight is 383 g/mol. The van der Waals surface area contributed by atoms with Crippen LogP contribution < -0.4 is 10.1 Å². The number of ether oxygens (including phenoxy) is 1. The minimum atomic E-state index is -1.18. The van der Waals surface area contributed by atoms with Crippen molar-refractivity contribution in [3.8, 4) is 5.75 Å². The summed E-state index contributed by atoms with van der Waals surface area (Å²) in [6.07, 6.45) is 0.320. The number of para-hydroxylation sites is 1. The molecule has 0 saturated carbocycles. The number of nitrogens with one attached hydrogen (secondary N) is 1. The number of hydrogen-bond acceptors (Lipinski definition) is 5. The summed E-state index contributed by atoms with van der Waals surface area (Å²) < 4.78 is 11.1. The molecule has 8 heteroatoms.